The molecular formula is C14H22FNO2. The molecule has 3 nitrogen and oxygen atoms in total. The SMILES string of the molecule is CCCOCCC(CN)(CO)c1cccc(F)c1. The normalized spacial score (nSPS) is 14.4. The minimum absolute atomic E-state index is 0.109. The van der Waals surface area contributed by atoms with E-state index >= 15 is 0 Å². The van der Waals surface area contributed by atoms with Gasteiger partial charge in [-0.05, 0) is 30.5 Å². The number of rotatable bonds is 8. The highest BCUT2D eigenvalue weighted by Gasteiger charge is 2.30. The van der Waals surface area contributed by atoms with Crippen molar-refractivity contribution in [2.24, 2.45) is 5.73 Å². The molecule has 0 aromatic heterocycles. The van der Waals surface area contributed by atoms with Gasteiger partial charge in [0.15, 0.2) is 0 Å². The van der Waals surface area contributed by atoms with Crippen LogP contribution in [0.2, 0.25) is 0 Å². The summed E-state index contributed by atoms with van der Waals surface area (Å²) >= 11 is 0. The van der Waals surface area contributed by atoms with E-state index in [4.69, 9.17) is 10.5 Å². The minimum Gasteiger partial charge on any atom is -0.395 e. The quantitative estimate of drug-likeness (QED) is 0.697. The highest BCUT2D eigenvalue weighted by Crippen LogP contribution is 2.27. The van der Waals surface area contributed by atoms with E-state index in [1.165, 1.54) is 12.1 Å². The first-order valence-corrected chi connectivity index (χ1v) is 6.33. The van der Waals surface area contributed by atoms with Gasteiger partial charge >= 0.3 is 0 Å². The van der Waals surface area contributed by atoms with E-state index in [-0.39, 0.29) is 19.0 Å². The summed E-state index contributed by atoms with van der Waals surface area (Å²) in [5.74, 6) is -0.312. The third-order valence-corrected chi connectivity index (χ3v) is 3.20. The zero-order valence-corrected chi connectivity index (χ0v) is 10.9. The monoisotopic (exact) mass is 255 g/mol. The van der Waals surface area contributed by atoms with Gasteiger partial charge in [0.2, 0.25) is 0 Å². The Bertz CT molecular complexity index is 353. The fraction of sp³-hybridized carbons (Fsp3) is 0.571. The standard InChI is InChI=1S/C14H22FNO2/c1-2-7-18-8-6-14(10-16,11-17)12-4-3-5-13(15)9-12/h3-5,9,17H,2,6-8,10-11,16H2,1H3. The smallest absolute Gasteiger partial charge is 0.123 e. The topological polar surface area (TPSA) is 55.5 Å². The van der Waals surface area contributed by atoms with Crippen LogP contribution in [0.15, 0.2) is 24.3 Å². The van der Waals surface area contributed by atoms with Crippen molar-refractivity contribution in [2.45, 2.75) is 25.2 Å². The van der Waals surface area contributed by atoms with Crippen molar-refractivity contribution in [3.63, 3.8) is 0 Å². The van der Waals surface area contributed by atoms with E-state index in [1.54, 1.807) is 12.1 Å². The van der Waals surface area contributed by atoms with Crippen molar-refractivity contribution in [2.75, 3.05) is 26.4 Å². The Kier molecular flexibility index (Phi) is 6.25. The van der Waals surface area contributed by atoms with Crippen LogP contribution in [-0.4, -0.2) is 31.5 Å². The number of hydrogen-bond donors (Lipinski definition) is 2. The Morgan fingerprint density at radius 3 is 2.72 bits per heavy atom. The molecule has 0 radical (unpaired) electrons. The van der Waals surface area contributed by atoms with Crippen LogP contribution in [0.1, 0.15) is 25.3 Å². The zero-order valence-electron chi connectivity index (χ0n) is 10.9. The number of nitrogens with two attached hydrogens (primary N) is 1. The lowest BCUT2D eigenvalue weighted by molar-refractivity contribution is 0.0950. The summed E-state index contributed by atoms with van der Waals surface area (Å²) in [5.41, 5.74) is 5.89. The molecule has 0 heterocycles. The Labute approximate surface area is 108 Å². The maximum Gasteiger partial charge on any atom is 0.123 e. The van der Waals surface area contributed by atoms with Crippen LogP contribution >= 0.6 is 0 Å². The van der Waals surface area contributed by atoms with Gasteiger partial charge in [0.25, 0.3) is 0 Å². The van der Waals surface area contributed by atoms with Crippen molar-refractivity contribution < 1.29 is 14.2 Å². The molecule has 1 aromatic rings. The molecule has 0 spiro atoms. The summed E-state index contributed by atoms with van der Waals surface area (Å²) < 4.78 is 18.7. The molecule has 4 heteroatoms. The number of aliphatic hydroxyl groups is 1. The molecule has 0 saturated heterocycles. The van der Waals surface area contributed by atoms with Gasteiger partial charge in [0.1, 0.15) is 5.82 Å². The van der Waals surface area contributed by atoms with Crippen LogP contribution < -0.4 is 5.73 Å². The first kappa shape index (κ1) is 15.1. The predicted molar refractivity (Wildman–Crippen MR) is 69.9 cm³/mol. The van der Waals surface area contributed by atoms with Crippen LogP contribution in [0.5, 0.6) is 0 Å². The second-order valence-electron chi connectivity index (χ2n) is 4.52. The van der Waals surface area contributed by atoms with E-state index in [1.807, 2.05) is 6.92 Å². The van der Waals surface area contributed by atoms with Crippen molar-refractivity contribution in [3.8, 4) is 0 Å². The average molecular weight is 255 g/mol. The van der Waals surface area contributed by atoms with E-state index in [9.17, 15) is 9.50 Å². The summed E-state index contributed by atoms with van der Waals surface area (Å²) in [4.78, 5) is 0. The lowest BCUT2D eigenvalue weighted by Crippen LogP contribution is -2.40. The van der Waals surface area contributed by atoms with Crippen LogP contribution in [0.3, 0.4) is 0 Å². The Hall–Kier alpha value is -0.970. The summed E-state index contributed by atoms with van der Waals surface area (Å²) in [6, 6.07) is 6.25. The molecule has 0 amide bonds. The van der Waals surface area contributed by atoms with Gasteiger partial charge in [0.05, 0.1) is 6.61 Å². The van der Waals surface area contributed by atoms with Crippen molar-refractivity contribution >= 4 is 0 Å². The highest BCUT2D eigenvalue weighted by molar-refractivity contribution is 5.27. The van der Waals surface area contributed by atoms with Crippen molar-refractivity contribution in [1.82, 2.24) is 0 Å². The van der Waals surface area contributed by atoms with Gasteiger partial charge in [-0.1, -0.05) is 19.1 Å². The van der Waals surface area contributed by atoms with Gasteiger partial charge in [-0.15, -0.1) is 0 Å². The Morgan fingerprint density at radius 2 is 2.17 bits per heavy atom. The third kappa shape index (κ3) is 3.77. The third-order valence-electron chi connectivity index (χ3n) is 3.20. The molecule has 0 saturated carbocycles. The number of benzene rings is 1. The van der Waals surface area contributed by atoms with E-state index < -0.39 is 5.41 Å². The highest BCUT2D eigenvalue weighted by atomic mass is 19.1. The number of halogens is 1. The molecular weight excluding hydrogens is 233 g/mol. The fourth-order valence-electron chi connectivity index (χ4n) is 1.93. The van der Waals surface area contributed by atoms with Gasteiger partial charge in [-0.3, -0.25) is 0 Å². The Balaban J connectivity index is 2.79. The van der Waals surface area contributed by atoms with Crippen molar-refractivity contribution in [1.29, 1.82) is 0 Å². The Morgan fingerprint density at radius 1 is 1.39 bits per heavy atom. The first-order valence-electron chi connectivity index (χ1n) is 6.33. The number of aliphatic hydroxyl groups excluding tert-OH is 1. The predicted octanol–water partition coefficient (Wildman–Crippen LogP) is 1.83. The fourth-order valence-corrected chi connectivity index (χ4v) is 1.93. The molecule has 1 rings (SSSR count). The maximum atomic E-state index is 13.3. The van der Waals surface area contributed by atoms with Crippen LogP contribution in [0.25, 0.3) is 0 Å². The molecule has 1 unspecified atom stereocenters. The lowest BCUT2D eigenvalue weighted by Gasteiger charge is -2.31. The van der Waals surface area contributed by atoms with Crippen LogP contribution in [0, 0.1) is 5.82 Å². The van der Waals surface area contributed by atoms with Gasteiger partial charge in [-0.25, -0.2) is 4.39 Å². The second kappa shape index (κ2) is 7.46. The second-order valence-corrected chi connectivity index (χ2v) is 4.52. The molecule has 0 aliphatic carbocycles. The largest absolute Gasteiger partial charge is 0.395 e. The van der Waals surface area contributed by atoms with E-state index in [2.05, 4.69) is 0 Å². The first-order chi connectivity index (χ1) is 8.68. The molecule has 1 atom stereocenters. The van der Waals surface area contributed by atoms with E-state index in [0.717, 1.165) is 12.0 Å². The molecule has 3 N–H and O–H groups in total. The molecule has 0 bridgehead atoms. The van der Waals surface area contributed by atoms with Gasteiger partial charge in [0, 0.05) is 25.2 Å². The lowest BCUT2D eigenvalue weighted by atomic mass is 9.78. The van der Waals surface area contributed by atoms with Gasteiger partial charge < -0.3 is 15.6 Å². The maximum absolute atomic E-state index is 13.3. The summed E-state index contributed by atoms with van der Waals surface area (Å²) in [6.45, 7) is 3.40. The van der Waals surface area contributed by atoms with Crippen molar-refractivity contribution in [3.05, 3.63) is 35.6 Å². The minimum atomic E-state index is -0.615. The van der Waals surface area contributed by atoms with Gasteiger partial charge in [-0.2, -0.15) is 0 Å². The number of ether oxygens (including phenoxy) is 1. The molecule has 18 heavy (non-hydrogen) atoms. The van der Waals surface area contributed by atoms with Crippen LogP contribution in [-0.2, 0) is 10.2 Å². The average Bonchev–Trinajstić information content (AvgIpc) is 2.40. The number of hydrogen-bond acceptors (Lipinski definition) is 3. The molecule has 102 valence electrons. The summed E-state index contributed by atoms with van der Waals surface area (Å²) in [7, 11) is 0. The summed E-state index contributed by atoms with van der Waals surface area (Å²) in [5, 5.41) is 9.62. The molecule has 1 aromatic carbocycles. The molecule has 0 aliphatic rings. The zero-order chi connectivity index (χ0) is 13.4. The summed E-state index contributed by atoms with van der Waals surface area (Å²) in [6.07, 6.45) is 1.54. The molecule has 0 fully saturated rings. The van der Waals surface area contributed by atoms with Crippen LogP contribution in [0.4, 0.5) is 4.39 Å². The molecule has 0 aliphatic heterocycles. The van der Waals surface area contributed by atoms with E-state index in [0.29, 0.717) is 19.6 Å².